The Balaban J connectivity index is 2.33. The van der Waals surface area contributed by atoms with Crippen LogP contribution in [-0.2, 0) is 22.6 Å². The Kier molecular flexibility index (Phi) is 4.78. The summed E-state index contributed by atoms with van der Waals surface area (Å²) in [5.41, 5.74) is -1.46. The van der Waals surface area contributed by atoms with E-state index in [9.17, 15) is 14.4 Å². The molecule has 22 heavy (non-hydrogen) atoms. The molecule has 0 spiro atoms. The van der Waals surface area contributed by atoms with Gasteiger partial charge in [0.15, 0.2) is 0 Å². The van der Waals surface area contributed by atoms with Crippen molar-refractivity contribution in [2.75, 3.05) is 19.7 Å². The van der Waals surface area contributed by atoms with Gasteiger partial charge in [0.1, 0.15) is 18.2 Å². The van der Waals surface area contributed by atoms with Crippen molar-refractivity contribution in [3.8, 4) is 6.07 Å². The maximum Gasteiger partial charge on any atom is 0.331 e. The van der Waals surface area contributed by atoms with Crippen LogP contribution in [0, 0.1) is 11.3 Å². The second-order valence-corrected chi connectivity index (χ2v) is 5.14. The summed E-state index contributed by atoms with van der Waals surface area (Å²) in [4.78, 5) is 38.2. The molecular weight excluding hydrogens is 288 g/mol. The summed E-state index contributed by atoms with van der Waals surface area (Å²) in [6.45, 7) is 4.82. The molecule has 0 N–H and O–H groups in total. The largest absolute Gasteiger partial charge is 0.375 e. The molecule has 1 fully saturated rings. The predicted octanol–water partition coefficient (Wildman–Crippen LogP) is -0.851. The number of hydrogen-bond acceptors (Lipinski definition) is 5. The second kappa shape index (κ2) is 6.58. The summed E-state index contributed by atoms with van der Waals surface area (Å²) in [5.74, 6) is -0.327. The zero-order chi connectivity index (χ0) is 16.3. The number of ether oxygens (including phenoxy) is 1. The standard InChI is InChI=1S/C14H18N4O4/c1-3-16-8-11(6-15)13(20)18(14(16)21)9-12(19)17-4-5-22-10(2)7-17/h8,10H,3-5,7,9H2,1-2H3/t10-/m1/s1. The first-order valence-corrected chi connectivity index (χ1v) is 7.11. The van der Waals surface area contributed by atoms with Crippen molar-refractivity contribution < 1.29 is 9.53 Å². The predicted molar refractivity (Wildman–Crippen MR) is 77.3 cm³/mol. The number of aryl methyl sites for hydroxylation is 1. The van der Waals surface area contributed by atoms with Gasteiger partial charge >= 0.3 is 5.69 Å². The highest BCUT2D eigenvalue weighted by molar-refractivity contribution is 5.76. The Morgan fingerprint density at radius 1 is 1.50 bits per heavy atom. The number of nitriles is 1. The number of hydrogen-bond donors (Lipinski definition) is 0. The van der Waals surface area contributed by atoms with Crippen molar-refractivity contribution in [3.05, 3.63) is 32.6 Å². The third-order valence-corrected chi connectivity index (χ3v) is 3.59. The van der Waals surface area contributed by atoms with Crippen LogP contribution < -0.4 is 11.2 Å². The fraction of sp³-hybridized carbons (Fsp3) is 0.571. The molecule has 0 aromatic carbocycles. The average Bonchev–Trinajstić information content (AvgIpc) is 2.51. The third-order valence-electron chi connectivity index (χ3n) is 3.59. The van der Waals surface area contributed by atoms with Crippen LogP contribution in [0.5, 0.6) is 0 Å². The minimum atomic E-state index is -0.730. The molecule has 1 saturated heterocycles. The molecule has 0 saturated carbocycles. The Morgan fingerprint density at radius 2 is 2.23 bits per heavy atom. The van der Waals surface area contributed by atoms with E-state index < -0.39 is 11.2 Å². The van der Waals surface area contributed by atoms with Gasteiger partial charge in [0.05, 0.1) is 12.7 Å². The second-order valence-electron chi connectivity index (χ2n) is 5.14. The van der Waals surface area contributed by atoms with Crippen molar-refractivity contribution in [1.82, 2.24) is 14.0 Å². The van der Waals surface area contributed by atoms with Crippen molar-refractivity contribution in [1.29, 1.82) is 5.26 Å². The molecule has 0 radical (unpaired) electrons. The monoisotopic (exact) mass is 306 g/mol. The van der Waals surface area contributed by atoms with Gasteiger partial charge in [-0.05, 0) is 13.8 Å². The molecule has 8 nitrogen and oxygen atoms in total. The van der Waals surface area contributed by atoms with Crippen LogP contribution in [0.25, 0.3) is 0 Å². The molecule has 1 aliphatic heterocycles. The lowest BCUT2D eigenvalue weighted by atomic mass is 10.3. The van der Waals surface area contributed by atoms with Crippen molar-refractivity contribution in [2.24, 2.45) is 0 Å². The maximum absolute atomic E-state index is 12.3. The number of nitrogens with zero attached hydrogens (tertiary/aromatic N) is 4. The highest BCUT2D eigenvalue weighted by atomic mass is 16.5. The molecule has 0 aliphatic carbocycles. The molecule has 0 bridgehead atoms. The molecular formula is C14H18N4O4. The van der Waals surface area contributed by atoms with Gasteiger partial charge in [0, 0.05) is 25.8 Å². The van der Waals surface area contributed by atoms with Crippen molar-refractivity contribution >= 4 is 5.91 Å². The number of rotatable bonds is 3. The van der Waals surface area contributed by atoms with Crippen LogP contribution in [0.4, 0.5) is 0 Å². The normalized spacial score (nSPS) is 18.0. The topological polar surface area (TPSA) is 97.3 Å². The van der Waals surface area contributed by atoms with Gasteiger partial charge in [-0.1, -0.05) is 0 Å². The zero-order valence-corrected chi connectivity index (χ0v) is 12.6. The van der Waals surface area contributed by atoms with Crippen LogP contribution >= 0.6 is 0 Å². The van der Waals surface area contributed by atoms with E-state index in [4.69, 9.17) is 10.00 Å². The van der Waals surface area contributed by atoms with Crippen molar-refractivity contribution in [2.45, 2.75) is 33.0 Å². The Morgan fingerprint density at radius 3 is 2.82 bits per heavy atom. The summed E-state index contributed by atoms with van der Waals surface area (Å²) in [5, 5.41) is 8.98. The van der Waals surface area contributed by atoms with Crippen LogP contribution in [0.2, 0.25) is 0 Å². The number of aromatic nitrogens is 2. The van der Waals surface area contributed by atoms with E-state index >= 15 is 0 Å². The molecule has 1 atom stereocenters. The molecule has 1 aliphatic rings. The van der Waals surface area contributed by atoms with Crippen molar-refractivity contribution in [3.63, 3.8) is 0 Å². The Labute approximate surface area is 127 Å². The van der Waals surface area contributed by atoms with E-state index in [0.717, 1.165) is 4.57 Å². The SMILES string of the molecule is CCn1cc(C#N)c(=O)n(CC(=O)N2CCO[C@H](C)C2)c1=O. The van der Waals surface area contributed by atoms with Gasteiger partial charge in [-0.3, -0.25) is 14.2 Å². The van der Waals surface area contributed by atoms with Gasteiger partial charge in [-0.2, -0.15) is 5.26 Å². The highest BCUT2D eigenvalue weighted by Gasteiger charge is 2.23. The summed E-state index contributed by atoms with van der Waals surface area (Å²) in [6.07, 6.45) is 1.15. The van der Waals surface area contributed by atoms with E-state index in [-0.39, 0.29) is 24.1 Å². The first kappa shape index (κ1) is 16.0. The first-order valence-electron chi connectivity index (χ1n) is 7.11. The molecule has 2 heterocycles. The van der Waals surface area contributed by atoms with Gasteiger partial charge in [-0.25, -0.2) is 9.36 Å². The molecule has 2 rings (SSSR count). The number of carbonyl (C=O) groups excluding carboxylic acids is 1. The number of amides is 1. The van der Waals surface area contributed by atoms with Crippen LogP contribution in [-0.4, -0.2) is 45.7 Å². The maximum atomic E-state index is 12.3. The molecule has 8 heteroatoms. The molecule has 1 amide bonds. The molecule has 0 unspecified atom stereocenters. The summed E-state index contributed by atoms with van der Waals surface area (Å²) >= 11 is 0. The fourth-order valence-electron chi connectivity index (χ4n) is 2.38. The minimum Gasteiger partial charge on any atom is -0.375 e. The Hall–Kier alpha value is -2.40. The third kappa shape index (κ3) is 3.09. The first-order chi connectivity index (χ1) is 10.5. The van der Waals surface area contributed by atoms with Gasteiger partial charge in [0.2, 0.25) is 5.91 Å². The van der Waals surface area contributed by atoms with Crippen LogP contribution in [0.3, 0.4) is 0 Å². The smallest absolute Gasteiger partial charge is 0.331 e. The molecule has 1 aromatic rings. The van der Waals surface area contributed by atoms with Gasteiger partial charge in [0.25, 0.3) is 5.56 Å². The van der Waals surface area contributed by atoms with Gasteiger partial charge < -0.3 is 9.64 Å². The van der Waals surface area contributed by atoms with E-state index in [0.29, 0.717) is 26.2 Å². The quantitative estimate of drug-likeness (QED) is 0.724. The summed E-state index contributed by atoms with van der Waals surface area (Å²) in [6, 6.07) is 1.76. The summed E-state index contributed by atoms with van der Waals surface area (Å²) < 4.78 is 7.43. The average molecular weight is 306 g/mol. The van der Waals surface area contributed by atoms with E-state index in [1.165, 1.54) is 10.8 Å². The van der Waals surface area contributed by atoms with Crippen LogP contribution in [0.1, 0.15) is 19.4 Å². The fourth-order valence-corrected chi connectivity index (χ4v) is 2.38. The van der Waals surface area contributed by atoms with Gasteiger partial charge in [-0.15, -0.1) is 0 Å². The molecule has 1 aromatic heterocycles. The molecule has 118 valence electrons. The van der Waals surface area contributed by atoms with E-state index in [1.54, 1.807) is 17.9 Å². The highest BCUT2D eigenvalue weighted by Crippen LogP contribution is 2.05. The Bertz CT molecular complexity index is 728. The zero-order valence-electron chi connectivity index (χ0n) is 12.6. The lowest BCUT2D eigenvalue weighted by Gasteiger charge is -2.31. The number of carbonyl (C=O) groups is 1. The lowest BCUT2D eigenvalue weighted by molar-refractivity contribution is -0.138. The number of morpholine rings is 1. The van der Waals surface area contributed by atoms with E-state index in [2.05, 4.69) is 0 Å². The minimum absolute atomic E-state index is 0.0767. The van der Waals surface area contributed by atoms with Crippen LogP contribution in [0.15, 0.2) is 15.8 Å². The van der Waals surface area contributed by atoms with E-state index in [1.807, 2.05) is 6.92 Å². The summed E-state index contributed by atoms with van der Waals surface area (Å²) in [7, 11) is 0. The lowest BCUT2D eigenvalue weighted by Crippen LogP contribution is -2.49.